The Kier molecular flexibility index (Phi) is 3.23. The Balaban J connectivity index is 2.23. The fraction of sp³-hybridized carbons (Fsp3) is 0.900. The second kappa shape index (κ2) is 3.96. The number of alkyl halides is 1. The molecule has 0 spiro atoms. The van der Waals surface area contributed by atoms with Crippen molar-refractivity contribution >= 4 is 6.09 Å². The van der Waals surface area contributed by atoms with Crippen LogP contribution >= 0.6 is 0 Å². The summed E-state index contributed by atoms with van der Waals surface area (Å²) in [7, 11) is 0. The molecule has 1 aliphatic rings. The molecule has 1 amide bonds. The maximum absolute atomic E-state index is 12.6. The average Bonchev–Trinajstić information content (AvgIpc) is 1.95. The van der Waals surface area contributed by atoms with Crippen molar-refractivity contribution in [3.8, 4) is 0 Å². The van der Waals surface area contributed by atoms with Crippen molar-refractivity contribution in [3.63, 3.8) is 0 Å². The molecule has 0 atom stereocenters. The average molecular weight is 218 g/mol. The van der Waals surface area contributed by atoms with Crippen molar-refractivity contribution in [2.24, 2.45) is 5.73 Å². The zero-order chi connectivity index (χ0) is 11.7. The number of carbonyl (C=O) groups excluding carboxylic acids is 1. The molecule has 0 aromatic heterocycles. The Bertz CT molecular complexity index is 244. The van der Waals surface area contributed by atoms with Crippen LogP contribution in [-0.4, -0.2) is 29.9 Å². The fourth-order valence-electron chi connectivity index (χ4n) is 1.53. The van der Waals surface area contributed by atoms with Crippen molar-refractivity contribution in [1.29, 1.82) is 0 Å². The highest BCUT2D eigenvalue weighted by molar-refractivity contribution is 5.67. The molecule has 15 heavy (non-hydrogen) atoms. The van der Waals surface area contributed by atoms with Gasteiger partial charge in [-0.15, -0.1) is 0 Å². The molecule has 0 heterocycles. The van der Waals surface area contributed by atoms with Crippen molar-refractivity contribution < 1.29 is 13.9 Å². The van der Waals surface area contributed by atoms with Crippen LogP contribution < -0.4 is 11.1 Å². The highest BCUT2D eigenvalue weighted by Gasteiger charge is 2.41. The fourth-order valence-corrected chi connectivity index (χ4v) is 1.53. The van der Waals surface area contributed by atoms with Gasteiger partial charge in [-0.2, -0.15) is 0 Å². The molecular weight excluding hydrogens is 199 g/mol. The molecule has 0 unspecified atom stereocenters. The summed E-state index contributed by atoms with van der Waals surface area (Å²) in [4.78, 5) is 11.2. The molecule has 0 aromatic carbocycles. The number of nitrogens with one attached hydrogen (secondary N) is 1. The van der Waals surface area contributed by atoms with E-state index in [0.29, 0.717) is 12.8 Å². The molecule has 3 N–H and O–H groups in total. The number of alkyl carbamates (subject to hydrolysis) is 1. The minimum Gasteiger partial charge on any atom is -0.444 e. The van der Waals surface area contributed by atoms with Crippen LogP contribution in [0.1, 0.15) is 33.6 Å². The van der Waals surface area contributed by atoms with E-state index in [0.717, 1.165) is 0 Å². The van der Waals surface area contributed by atoms with E-state index in [1.807, 2.05) is 0 Å². The minimum absolute atomic E-state index is 0.266. The molecule has 1 aliphatic carbocycles. The Hall–Kier alpha value is -0.840. The SMILES string of the molecule is CC(C)(C)OC(=O)NCC1(N)CC(F)C1. The van der Waals surface area contributed by atoms with Gasteiger partial charge in [0.05, 0.1) is 0 Å². The molecule has 4 nitrogen and oxygen atoms in total. The van der Waals surface area contributed by atoms with E-state index >= 15 is 0 Å². The third-order valence-corrected chi connectivity index (χ3v) is 2.24. The monoisotopic (exact) mass is 218 g/mol. The van der Waals surface area contributed by atoms with E-state index in [2.05, 4.69) is 5.32 Å². The molecule has 1 saturated carbocycles. The van der Waals surface area contributed by atoms with Gasteiger partial charge in [-0.1, -0.05) is 0 Å². The summed E-state index contributed by atoms with van der Waals surface area (Å²) in [6.07, 6.45) is -0.712. The van der Waals surface area contributed by atoms with Gasteiger partial charge < -0.3 is 15.8 Å². The molecule has 0 aliphatic heterocycles. The van der Waals surface area contributed by atoms with Gasteiger partial charge >= 0.3 is 6.09 Å². The molecule has 0 aromatic rings. The van der Waals surface area contributed by atoms with E-state index in [9.17, 15) is 9.18 Å². The Labute approximate surface area is 89.3 Å². The summed E-state index contributed by atoms with van der Waals surface area (Å²) in [5.74, 6) is 0. The first-order valence-corrected chi connectivity index (χ1v) is 5.10. The summed E-state index contributed by atoms with van der Waals surface area (Å²) in [6.45, 7) is 5.62. The van der Waals surface area contributed by atoms with E-state index < -0.39 is 23.4 Å². The number of ether oxygens (including phenoxy) is 1. The van der Waals surface area contributed by atoms with E-state index in [4.69, 9.17) is 10.5 Å². The molecule has 1 rings (SSSR count). The molecule has 1 fully saturated rings. The van der Waals surface area contributed by atoms with E-state index in [1.165, 1.54) is 0 Å². The number of nitrogens with two attached hydrogens (primary N) is 1. The summed E-state index contributed by atoms with van der Waals surface area (Å²) in [5.41, 5.74) is 4.69. The van der Waals surface area contributed by atoms with Crippen molar-refractivity contribution in [1.82, 2.24) is 5.32 Å². The van der Waals surface area contributed by atoms with Gasteiger partial charge in [-0.05, 0) is 33.6 Å². The van der Waals surface area contributed by atoms with Crippen LogP contribution in [0.3, 0.4) is 0 Å². The largest absolute Gasteiger partial charge is 0.444 e. The number of carbonyl (C=O) groups is 1. The quantitative estimate of drug-likeness (QED) is 0.735. The second-order valence-electron chi connectivity index (χ2n) is 5.22. The zero-order valence-electron chi connectivity index (χ0n) is 9.47. The number of halogens is 1. The number of amides is 1. The van der Waals surface area contributed by atoms with Crippen LogP contribution in [0.4, 0.5) is 9.18 Å². The van der Waals surface area contributed by atoms with Gasteiger partial charge in [0, 0.05) is 12.1 Å². The molecule has 0 bridgehead atoms. The second-order valence-corrected chi connectivity index (χ2v) is 5.22. The van der Waals surface area contributed by atoms with Gasteiger partial charge in [-0.25, -0.2) is 9.18 Å². The zero-order valence-corrected chi connectivity index (χ0v) is 9.47. The van der Waals surface area contributed by atoms with Gasteiger partial charge in [0.25, 0.3) is 0 Å². The summed E-state index contributed by atoms with van der Waals surface area (Å²) in [5, 5.41) is 2.55. The third kappa shape index (κ3) is 4.03. The lowest BCUT2D eigenvalue weighted by Gasteiger charge is -2.40. The first kappa shape index (κ1) is 12.2. The van der Waals surface area contributed by atoms with Crippen molar-refractivity contribution in [3.05, 3.63) is 0 Å². The normalized spacial score (nSPS) is 30.6. The molecule has 0 radical (unpaired) electrons. The highest BCUT2D eigenvalue weighted by Crippen LogP contribution is 2.31. The van der Waals surface area contributed by atoms with Crippen LogP contribution in [0.5, 0.6) is 0 Å². The molecule has 0 saturated heterocycles. The Morgan fingerprint density at radius 2 is 2.13 bits per heavy atom. The molecule has 5 heteroatoms. The topological polar surface area (TPSA) is 64.3 Å². The highest BCUT2D eigenvalue weighted by atomic mass is 19.1. The first-order valence-electron chi connectivity index (χ1n) is 5.10. The molecular formula is C10H19FN2O2. The standard InChI is InChI=1S/C10H19FN2O2/c1-9(2,3)15-8(14)13-6-10(12)4-7(11)5-10/h7H,4-6,12H2,1-3H3,(H,13,14). The lowest BCUT2D eigenvalue weighted by atomic mass is 9.76. The maximum atomic E-state index is 12.6. The lowest BCUT2D eigenvalue weighted by Crippen LogP contribution is -2.59. The van der Waals surface area contributed by atoms with Crippen LogP contribution in [0.25, 0.3) is 0 Å². The van der Waals surface area contributed by atoms with Crippen LogP contribution in [-0.2, 0) is 4.74 Å². The minimum atomic E-state index is -0.824. The predicted octanol–water partition coefficient (Wildman–Crippen LogP) is 1.34. The summed E-state index contributed by atoms with van der Waals surface area (Å²) >= 11 is 0. The van der Waals surface area contributed by atoms with Crippen LogP contribution in [0, 0.1) is 0 Å². The smallest absolute Gasteiger partial charge is 0.407 e. The lowest BCUT2D eigenvalue weighted by molar-refractivity contribution is 0.0453. The third-order valence-electron chi connectivity index (χ3n) is 2.24. The predicted molar refractivity (Wildman–Crippen MR) is 55.3 cm³/mol. The van der Waals surface area contributed by atoms with Crippen molar-refractivity contribution in [2.45, 2.75) is 50.9 Å². The van der Waals surface area contributed by atoms with Crippen molar-refractivity contribution in [2.75, 3.05) is 6.54 Å². The van der Waals surface area contributed by atoms with E-state index in [1.54, 1.807) is 20.8 Å². The van der Waals surface area contributed by atoms with Crippen LogP contribution in [0.15, 0.2) is 0 Å². The van der Waals surface area contributed by atoms with Gasteiger partial charge in [0.2, 0.25) is 0 Å². The Morgan fingerprint density at radius 3 is 2.53 bits per heavy atom. The molecule has 88 valence electrons. The van der Waals surface area contributed by atoms with Gasteiger partial charge in [0.15, 0.2) is 0 Å². The van der Waals surface area contributed by atoms with Crippen LogP contribution in [0.2, 0.25) is 0 Å². The first-order chi connectivity index (χ1) is 6.70. The Morgan fingerprint density at radius 1 is 1.60 bits per heavy atom. The summed E-state index contributed by atoms with van der Waals surface area (Å²) < 4.78 is 17.6. The number of hydrogen-bond acceptors (Lipinski definition) is 3. The number of rotatable bonds is 2. The van der Waals surface area contributed by atoms with Gasteiger partial charge in [0.1, 0.15) is 11.8 Å². The summed E-state index contributed by atoms with van der Waals surface area (Å²) in [6, 6.07) is 0. The van der Waals surface area contributed by atoms with Gasteiger partial charge in [-0.3, -0.25) is 0 Å². The van der Waals surface area contributed by atoms with E-state index in [-0.39, 0.29) is 6.54 Å². The maximum Gasteiger partial charge on any atom is 0.407 e. The number of hydrogen-bond donors (Lipinski definition) is 2.